The fourth-order valence-corrected chi connectivity index (χ4v) is 3.69. The highest BCUT2D eigenvalue weighted by atomic mass is 32.2. The van der Waals surface area contributed by atoms with E-state index in [2.05, 4.69) is 5.32 Å². The molecule has 7 nitrogen and oxygen atoms in total. The summed E-state index contributed by atoms with van der Waals surface area (Å²) in [6.07, 6.45) is 2.33. The zero-order valence-electron chi connectivity index (χ0n) is 13.1. The van der Waals surface area contributed by atoms with E-state index in [0.717, 1.165) is 6.42 Å². The summed E-state index contributed by atoms with van der Waals surface area (Å²) < 4.78 is 10.4. The van der Waals surface area contributed by atoms with Crippen LogP contribution in [0.3, 0.4) is 0 Å². The second kappa shape index (κ2) is 8.05. The van der Waals surface area contributed by atoms with Crippen molar-refractivity contribution in [2.24, 2.45) is 0 Å². The molecule has 1 saturated heterocycles. The van der Waals surface area contributed by atoms with Gasteiger partial charge in [-0.05, 0) is 18.6 Å². The van der Waals surface area contributed by atoms with Crippen molar-refractivity contribution in [3.8, 4) is 0 Å². The van der Waals surface area contributed by atoms with Crippen LogP contribution in [0.5, 0.6) is 0 Å². The van der Waals surface area contributed by atoms with Gasteiger partial charge in [0.1, 0.15) is 17.2 Å². The predicted molar refractivity (Wildman–Crippen MR) is 84.5 cm³/mol. The molecule has 0 radical (unpaired) electrons. The lowest BCUT2D eigenvalue weighted by atomic mass is 10.2. The van der Waals surface area contributed by atoms with Crippen molar-refractivity contribution in [2.45, 2.75) is 31.7 Å². The summed E-state index contributed by atoms with van der Waals surface area (Å²) in [7, 11) is 0. The van der Waals surface area contributed by atoms with Gasteiger partial charge in [0, 0.05) is 19.2 Å². The van der Waals surface area contributed by atoms with Crippen molar-refractivity contribution in [3.05, 3.63) is 24.2 Å². The fourth-order valence-electron chi connectivity index (χ4n) is 2.27. The van der Waals surface area contributed by atoms with Gasteiger partial charge in [-0.15, -0.1) is 11.8 Å². The van der Waals surface area contributed by atoms with Gasteiger partial charge in [-0.1, -0.05) is 6.92 Å². The van der Waals surface area contributed by atoms with Gasteiger partial charge in [-0.3, -0.25) is 9.59 Å². The van der Waals surface area contributed by atoms with Crippen molar-refractivity contribution in [2.75, 3.05) is 18.9 Å². The normalized spacial score (nSPS) is 20.3. The third-order valence-corrected chi connectivity index (χ3v) is 4.62. The van der Waals surface area contributed by atoms with Gasteiger partial charge in [-0.2, -0.15) is 0 Å². The summed E-state index contributed by atoms with van der Waals surface area (Å²) in [5, 5.41) is 2.27. The van der Waals surface area contributed by atoms with Crippen LogP contribution in [0.15, 0.2) is 22.8 Å². The van der Waals surface area contributed by atoms with Crippen LogP contribution >= 0.6 is 11.8 Å². The summed E-state index contributed by atoms with van der Waals surface area (Å²) in [4.78, 5) is 37.1. The predicted octanol–water partition coefficient (Wildman–Crippen LogP) is 1.31. The number of carbonyl (C=O) groups excluding carboxylic acids is 3. The van der Waals surface area contributed by atoms with Crippen molar-refractivity contribution in [3.63, 3.8) is 0 Å². The van der Waals surface area contributed by atoms with E-state index in [1.807, 2.05) is 6.92 Å². The number of ether oxygens (including phenoxy) is 1. The lowest BCUT2D eigenvalue weighted by Gasteiger charge is -2.25. The second-order valence-corrected chi connectivity index (χ2v) is 6.21. The minimum atomic E-state index is -0.716. The molecule has 1 aromatic heterocycles. The maximum Gasteiger partial charge on any atom is 0.330 e. The molecule has 2 rings (SSSR count). The molecule has 1 N–H and O–H groups in total. The Kier molecular flexibility index (Phi) is 6.09. The Hall–Kier alpha value is -1.96. The molecule has 0 bridgehead atoms. The Balaban J connectivity index is 1.97. The molecule has 0 aliphatic carbocycles. The molecule has 1 aliphatic rings. The maximum absolute atomic E-state index is 12.2. The van der Waals surface area contributed by atoms with Crippen LogP contribution in [-0.4, -0.2) is 47.6 Å². The van der Waals surface area contributed by atoms with Gasteiger partial charge in [0.05, 0.1) is 6.26 Å². The van der Waals surface area contributed by atoms with Gasteiger partial charge in [-0.25, -0.2) is 4.79 Å². The third-order valence-electron chi connectivity index (χ3n) is 3.34. The van der Waals surface area contributed by atoms with Crippen LogP contribution in [0.25, 0.3) is 0 Å². The summed E-state index contributed by atoms with van der Waals surface area (Å²) in [5.74, 6) is -0.147. The largest absolute Gasteiger partial charge is 0.466 e. The average molecular weight is 340 g/mol. The molecular formula is C15H20N2O5S. The summed E-state index contributed by atoms with van der Waals surface area (Å²) in [6.45, 7) is 3.53. The summed E-state index contributed by atoms with van der Waals surface area (Å²) in [6, 6.07) is 2.78. The number of carbonyl (C=O) groups is 3. The van der Waals surface area contributed by atoms with Gasteiger partial charge in [0.15, 0.2) is 6.61 Å². The van der Waals surface area contributed by atoms with Crippen LogP contribution in [-0.2, 0) is 19.1 Å². The van der Waals surface area contributed by atoms with Gasteiger partial charge in [0.2, 0.25) is 5.91 Å². The number of amides is 2. The SMILES string of the molecule is CCCNC(=O)COC(=O)[C@@H]1CS[C@H](c2ccco2)N1C(C)=O. The van der Waals surface area contributed by atoms with Crippen molar-refractivity contribution >= 4 is 29.5 Å². The Bertz CT molecular complexity index is 560. The van der Waals surface area contributed by atoms with E-state index >= 15 is 0 Å². The minimum absolute atomic E-state index is 0.242. The van der Waals surface area contributed by atoms with Crippen molar-refractivity contribution in [1.82, 2.24) is 10.2 Å². The fraction of sp³-hybridized carbons (Fsp3) is 0.533. The zero-order chi connectivity index (χ0) is 16.8. The molecule has 0 saturated carbocycles. The van der Waals surface area contributed by atoms with Crippen molar-refractivity contribution in [1.29, 1.82) is 0 Å². The quantitative estimate of drug-likeness (QED) is 0.786. The number of hydrogen-bond acceptors (Lipinski definition) is 6. The van der Waals surface area contributed by atoms with Gasteiger partial charge < -0.3 is 19.4 Å². The van der Waals surface area contributed by atoms with Crippen LogP contribution < -0.4 is 5.32 Å². The molecule has 0 aromatic carbocycles. The number of thioether (sulfide) groups is 1. The molecule has 8 heteroatoms. The van der Waals surface area contributed by atoms with Crippen LogP contribution in [0.1, 0.15) is 31.4 Å². The van der Waals surface area contributed by atoms with E-state index < -0.39 is 12.0 Å². The number of esters is 1. The standard InChI is InChI=1S/C15H20N2O5S/c1-3-6-16-13(19)8-22-15(20)11-9-23-14(17(11)10(2)18)12-5-4-7-21-12/h4-5,7,11,14H,3,6,8-9H2,1-2H3,(H,16,19)/t11-,14+/m0/s1. The molecule has 0 spiro atoms. The molecule has 2 atom stereocenters. The zero-order valence-corrected chi connectivity index (χ0v) is 13.9. The van der Waals surface area contributed by atoms with Gasteiger partial charge >= 0.3 is 5.97 Å². The Morgan fingerprint density at radius 1 is 1.48 bits per heavy atom. The molecular weight excluding hydrogens is 320 g/mol. The summed E-state index contributed by atoms with van der Waals surface area (Å²) in [5.41, 5.74) is 0. The number of nitrogens with one attached hydrogen (secondary N) is 1. The van der Waals surface area contributed by atoms with Crippen LogP contribution in [0, 0.1) is 0 Å². The first kappa shape index (κ1) is 17.4. The van der Waals surface area contributed by atoms with Crippen LogP contribution in [0.4, 0.5) is 0 Å². The highest BCUT2D eigenvalue weighted by molar-refractivity contribution is 7.99. The van der Waals surface area contributed by atoms with E-state index in [0.29, 0.717) is 18.1 Å². The third kappa shape index (κ3) is 4.28. The molecule has 126 valence electrons. The Morgan fingerprint density at radius 2 is 2.26 bits per heavy atom. The Morgan fingerprint density at radius 3 is 2.87 bits per heavy atom. The Labute approximate surface area is 138 Å². The molecule has 2 amide bonds. The first-order valence-corrected chi connectivity index (χ1v) is 8.46. The van der Waals surface area contributed by atoms with E-state index in [-0.39, 0.29) is 23.8 Å². The molecule has 1 aliphatic heterocycles. The number of rotatable bonds is 6. The molecule has 0 unspecified atom stereocenters. The highest BCUT2D eigenvalue weighted by Gasteiger charge is 2.43. The first-order valence-electron chi connectivity index (χ1n) is 7.41. The second-order valence-electron chi connectivity index (χ2n) is 5.10. The first-order chi connectivity index (χ1) is 11.0. The number of nitrogens with zero attached hydrogens (tertiary/aromatic N) is 1. The minimum Gasteiger partial charge on any atom is -0.466 e. The van der Waals surface area contributed by atoms with E-state index in [1.54, 1.807) is 12.1 Å². The summed E-state index contributed by atoms with van der Waals surface area (Å²) >= 11 is 1.43. The highest BCUT2D eigenvalue weighted by Crippen LogP contribution is 2.41. The molecule has 23 heavy (non-hydrogen) atoms. The lowest BCUT2D eigenvalue weighted by Crippen LogP contribution is -2.43. The van der Waals surface area contributed by atoms with Gasteiger partial charge in [0.25, 0.3) is 5.91 Å². The smallest absolute Gasteiger partial charge is 0.330 e. The maximum atomic E-state index is 12.2. The molecule has 1 fully saturated rings. The molecule has 2 heterocycles. The van der Waals surface area contributed by atoms with Crippen LogP contribution in [0.2, 0.25) is 0 Å². The topological polar surface area (TPSA) is 88.8 Å². The number of furan rings is 1. The lowest BCUT2D eigenvalue weighted by molar-refractivity contribution is -0.156. The average Bonchev–Trinajstić information content (AvgIpc) is 3.18. The van der Waals surface area contributed by atoms with E-state index in [4.69, 9.17) is 9.15 Å². The number of hydrogen-bond donors (Lipinski definition) is 1. The van der Waals surface area contributed by atoms with E-state index in [9.17, 15) is 14.4 Å². The monoisotopic (exact) mass is 340 g/mol. The van der Waals surface area contributed by atoms with E-state index in [1.165, 1.54) is 29.8 Å². The van der Waals surface area contributed by atoms with Crippen molar-refractivity contribution < 1.29 is 23.5 Å². The molecule has 1 aromatic rings.